The van der Waals surface area contributed by atoms with Crippen molar-refractivity contribution in [2.45, 2.75) is 52.7 Å². The fourth-order valence-corrected chi connectivity index (χ4v) is 4.55. The molecular formula is C23H26ClNO2. The highest BCUT2D eigenvalue weighted by Gasteiger charge is 2.37. The van der Waals surface area contributed by atoms with E-state index in [1.165, 1.54) is 11.1 Å². The topological polar surface area (TPSA) is 32.7 Å². The van der Waals surface area contributed by atoms with Crippen LogP contribution in [0.2, 0.25) is 0 Å². The van der Waals surface area contributed by atoms with Crippen molar-refractivity contribution >= 4 is 23.0 Å². The third kappa shape index (κ3) is 2.89. The highest BCUT2D eigenvalue weighted by Crippen LogP contribution is 2.52. The normalized spacial score (nSPS) is 19.7. The van der Waals surface area contributed by atoms with Gasteiger partial charge in [-0.05, 0) is 68.5 Å². The van der Waals surface area contributed by atoms with Crippen LogP contribution in [0, 0.1) is 5.92 Å². The number of nitrogens with zero attached hydrogens (tertiary/aromatic N) is 1. The molecule has 1 atom stereocenters. The standard InChI is InChI=1S/C23H26ClNO2/c1-13(2)10-20-22-16(17-11-15(26)6-9-19(17)27-20)7-8-18-21(22)14(3)12-23(4,5)25(18)24/h6-9,11-13,20,26H,10H2,1-5H3. The van der Waals surface area contributed by atoms with Gasteiger partial charge in [-0.15, -0.1) is 0 Å². The Morgan fingerprint density at radius 2 is 1.93 bits per heavy atom. The number of phenolic OH excluding ortho intramolecular Hbond substituents is 1. The number of hydrogen-bond donors (Lipinski definition) is 1. The Morgan fingerprint density at radius 1 is 1.19 bits per heavy atom. The Labute approximate surface area is 166 Å². The number of benzene rings is 2. The van der Waals surface area contributed by atoms with E-state index in [2.05, 4.69) is 52.8 Å². The van der Waals surface area contributed by atoms with Crippen LogP contribution in [0.3, 0.4) is 0 Å². The number of aromatic hydroxyl groups is 1. The number of rotatable bonds is 2. The van der Waals surface area contributed by atoms with Gasteiger partial charge in [-0.1, -0.05) is 26.0 Å². The predicted molar refractivity (Wildman–Crippen MR) is 112 cm³/mol. The van der Waals surface area contributed by atoms with Gasteiger partial charge in [0.2, 0.25) is 0 Å². The third-order valence-electron chi connectivity index (χ3n) is 5.44. The van der Waals surface area contributed by atoms with Gasteiger partial charge in [-0.3, -0.25) is 4.42 Å². The van der Waals surface area contributed by atoms with E-state index >= 15 is 0 Å². The average molecular weight is 384 g/mol. The quantitative estimate of drug-likeness (QED) is 0.586. The predicted octanol–water partition coefficient (Wildman–Crippen LogP) is 6.69. The number of halogens is 1. The van der Waals surface area contributed by atoms with Gasteiger partial charge in [0.25, 0.3) is 0 Å². The van der Waals surface area contributed by atoms with Crippen molar-refractivity contribution in [3.63, 3.8) is 0 Å². The summed E-state index contributed by atoms with van der Waals surface area (Å²) in [7, 11) is 0. The van der Waals surface area contributed by atoms with Crippen molar-refractivity contribution in [3.8, 4) is 22.6 Å². The molecule has 2 heterocycles. The van der Waals surface area contributed by atoms with Crippen LogP contribution in [0.25, 0.3) is 16.7 Å². The lowest BCUT2D eigenvalue weighted by molar-refractivity contribution is 0.174. The Balaban J connectivity index is 2.01. The lowest BCUT2D eigenvalue weighted by Crippen LogP contribution is -2.38. The first-order valence-electron chi connectivity index (χ1n) is 9.52. The van der Waals surface area contributed by atoms with Crippen molar-refractivity contribution in [2.75, 3.05) is 4.42 Å². The molecule has 0 aliphatic carbocycles. The molecule has 0 fully saturated rings. The summed E-state index contributed by atoms with van der Waals surface area (Å²) in [5.41, 5.74) is 6.36. The van der Waals surface area contributed by atoms with E-state index in [1.807, 2.05) is 10.5 Å². The smallest absolute Gasteiger partial charge is 0.128 e. The van der Waals surface area contributed by atoms with E-state index in [-0.39, 0.29) is 17.4 Å². The van der Waals surface area contributed by atoms with Gasteiger partial charge in [-0.2, -0.15) is 0 Å². The van der Waals surface area contributed by atoms with Crippen LogP contribution in [0.15, 0.2) is 36.4 Å². The largest absolute Gasteiger partial charge is 0.508 e. The Kier molecular flexibility index (Phi) is 4.19. The van der Waals surface area contributed by atoms with Crippen molar-refractivity contribution in [3.05, 3.63) is 47.5 Å². The highest BCUT2D eigenvalue weighted by molar-refractivity contribution is 6.28. The molecular weight excluding hydrogens is 358 g/mol. The first-order valence-corrected chi connectivity index (χ1v) is 9.85. The van der Waals surface area contributed by atoms with Gasteiger partial charge < -0.3 is 9.84 Å². The molecule has 2 aromatic carbocycles. The molecule has 4 heteroatoms. The number of allylic oxidation sites excluding steroid dienone is 1. The summed E-state index contributed by atoms with van der Waals surface area (Å²) in [6.07, 6.45) is 3.09. The van der Waals surface area contributed by atoms with Crippen molar-refractivity contribution in [1.82, 2.24) is 0 Å². The maximum atomic E-state index is 10.0. The van der Waals surface area contributed by atoms with Crippen molar-refractivity contribution in [1.29, 1.82) is 0 Å². The van der Waals surface area contributed by atoms with Crippen LogP contribution in [0.5, 0.6) is 11.5 Å². The Bertz CT molecular complexity index is 946. The maximum absolute atomic E-state index is 10.0. The molecule has 2 aliphatic heterocycles. The second kappa shape index (κ2) is 6.20. The minimum Gasteiger partial charge on any atom is -0.508 e. The zero-order valence-corrected chi connectivity index (χ0v) is 17.3. The molecule has 27 heavy (non-hydrogen) atoms. The van der Waals surface area contributed by atoms with E-state index in [4.69, 9.17) is 16.5 Å². The number of anilines is 1. The van der Waals surface area contributed by atoms with Gasteiger partial charge in [0.15, 0.2) is 0 Å². The molecule has 0 aromatic heterocycles. The number of fused-ring (bicyclic) bond motifs is 5. The molecule has 0 saturated carbocycles. The van der Waals surface area contributed by atoms with E-state index in [9.17, 15) is 5.11 Å². The molecule has 142 valence electrons. The van der Waals surface area contributed by atoms with Gasteiger partial charge in [0, 0.05) is 28.5 Å². The molecule has 4 rings (SSSR count). The fraction of sp³-hybridized carbons (Fsp3) is 0.391. The van der Waals surface area contributed by atoms with Crippen LogP contribution < -0.4 is 9.16 Å². The number of hydrogen-bond acceptors (Lipinski definition) is 3. The van der Waals surface area contributed by atoms with Crippen LogP contribution in [-0.4, -0.2) is 10.6 Å². The summed E-state index contributed by atoms with van der Waals surface area (Å²) in [4.78, 5) is 0. The van der Waals surface area contributed by atoms with Crippen molar-refractivity contribution < 1.29 is 9.84 Å². The summed E-state index contributed by atoms with van der Waals surface area (Å²) < 4.78 is 8.25. The van der Waals surface area contributed by atoms with Crippen LogP contribution >= 0.6 is 11.8 Å². The van der Waals surface area contributed by atoms with Crippen LogP contribution in [0.4, 0.5) is 5.69 Å². The summed E-state index contributed by atoms with van der Waals surface area (Å²) in [6.45, 7) is 10.8. The number of phenols is 1. The molecule has 2 aromatic rings. The molecule has 1 N–H and O–H groups in total. The SMILES string of the molecule is CC1=CC(C)(C)N(Cl)c2ccc3c(c21)C(CC(C)C)Oc1ccc(O)cc1-3. The number of ether oxygens (including phenoxy) is 1. The van der Waals surface area contributed by atoms with Gasteiger partial charge >= 0.3 is 0 Å². The third-order valence-corrected chi connectivity index (χ3v) is 6.05. The lowest BCUT2D eigenvalue weighted by Gasteiger charge is -2.41. The Morgan fingerprint density at radius 3 is 2.63 bits per heavy atom. The van der Waals surface area contributed by atoms with Gasteiger partial charge in [0.1, 0.15) is 17.6 Å². The van der Waals surface area contributed by atoms with Gasteiger partial charge in [-0.25, -0.2) is 0 Å². The van der Waals surface area contributed by atoms with Crippen LogP contribution in [-0.2, 0) is 0 Å². The first kappa shape index (κ1) is 18.2. The molecule has 0 amide bonds. The zero-order chi connectivity index (χ0) is 19.5. The van der Waals surface area contributed by atoms with Crippen molar-refractivity contribution in [2.24, 2.45) is 5.92 Å². The molecule has 0 saturated heterocycles. The molecule has 3 nitrogen and oxygen atoms in total. The molecule has 0 bridgehead atoms. The summed E-state index contributed by atoms with van der Waals surface area (Å²) in [5, 5.41) is 10.0. The zero-order valence-electron chi connectivity index (χ0n) is 16.5. The molecule has 0 spiro atoms. The van der Waals surface area contributed by atoms with E-state index in [1.54, 1.807) is 12.1 Å². The summed E-state index contributed by atoms with van der Waals surface area (Å²) in [5.74, 6) is 1.57. The Hall–Kier alpha value is -2.13. The maximum Gasteiger partial charge on any atom is 0.128 e. The monoisotopic (exact) mass is 383 g/mol. The van der Waals surface area contributed by atoms with E-state index in [0.29, 0.717) is 5.92 Å². The van der Waals surface area contributed by atoms with E-state index < -0.39 is 0 Å². The lowest BCUT2D eigenvalue weighted by atomic mass is 9.80. The van der Waals surface area contributed by atoms with Crippen LogP contribution in [0.1, 0.15) is 58.3 Å². The fourth-order valence-electron chi connectivity index (χ4n) is 4.36. The molecule has 1 unspecified atom stereocenters. The minimum atomic E-state index is -0.258. The summed E-state index contributed by atoms with van der Waals surface area (Å²) in [6, 6.07) is 9.54. The minimum absolute atomic E-state index is 0.0402. The van der Waals surface area contributed by atoms with Gasteiger partial charge in [0.05, 0.1) is 11.2 Å². The molecule has 2 aliphatic rings. The molecule has 0 radical (unpaired) electrons. The van der Waals surface area contributed by atoms with E-state index in [0.717, 1.165) is 34.5 Å². The first-order chi connectivity index (χ1) is 12.7. The second-order valence-electron chi connectivity index (χ2n) is 8.60. The highest BCUT2D eigenvalue weighted by atomic mass is 35.5. The second-order valence-corrected chi connectivity index (χ2v) is 8.94. The summed E-state index contributed by atoms with van der Waals surface area (Å²) >= 11 is 6.73. The average Bonchev–Trinajstić information content (AvgIpc) is 2.58.